The Morgan fingerprint density at radius 3 is 2.75 bits per heavy atom. The van der Waals surface area contributed by atoms with Crippen molar-refractivity contribution in [3.8, 4) is 0 Å². The molecule has 1 aromatic heterocycles. The molecule has 0 saturated heterocycles. The Morgan fingerprint density at radius 1 is 1.62 bits per heavy atom. The molecule has 1 rings (SSSR count). The van der Waals surface area contributed by atoms with Gasteiger partial charge in [0.25, 0.3) is 5.91 Å². The molecule has 1 amide bonds. The van der Waals surface area contributed by atoms with Gasteiger partial charge in [0.1, 0.15) is 10.7 Å². The molecular formula is C10H18N4OS. The fraction of sp³-hybridized carbons (Fsp3) is 0.600. The van der Waals surface area contributed by atoms with E-state index < -0.39 is 0 Å². The van der Waals surface area contributed by atoms with Gasteiger partial charge in [-0.15, -0.1) is 0 Å². The summed E-state index contributed by atoms with van der Waals surface area (Å²) in [5.41, 5.74) is 5.72. The summed E-state index contributed by atoms with van der Waals surface area (Å²) in [5.74, 6) is 0.229. The SMILES string of the molecule is CCN(C)C(=O)c1sc(NC(C)C)nc1N. The largest absolute Gasteiger partial charge is 0.382 e. The van der Waals surface area contributed by atoms with Gasteiger partial charge in [-0.25, -0.2) is 4.98 Å². The number of rotatable bonds is 4. The van der Waals surface area contributed by atoms with Crippen molar-refractivity contribution in [3.05, 3.63) is 4.88 Å². The molecule has 0 aliphatic heterocycles. The van der Waals surface area contributed by atoms with Gasteiger partial charge in [0.05, 0.1) is 0 Å². The molecule has 0 aromatic carbocycles. The van der Waals surface area contributed by atoms with Crippen LogP contribution in [0.15, 0.2) is 0 Å². The zero-order chi connectivity index (χ0) is 12.3. The second-order valence-electron chi connectivity index (χ2n) is 3.85. The number of carbonyl (C=O) groups excluding carboxylic acids is 1. The molecule has 3 N–H and O–H groups in total. The lowest BCUT2D eigenvalue weighted by Gasteiger charge is -2.12. The Bertz CT molecular complexity index is 375. The fourth-order valence-electron chi connectivity index (χ4n) is 1.11. The van der Waals surface area contributed by atoms with E-state index in [4.69, 9.17) is 5.73 Å². The van der Waals surface area contributed by atoms with Crippen molar-refractivity contribution < 1.29 is 4.79 Å². The molecule has 0 aliphatic carbocycles. The molecule has 0 aliphatic rings. The van der Waals surface area contributed by atoms with Gasteiger partial charge in [0, 0.05) is 19.6 Å². The van der Waals surface area contributed by atoms with E-state index in [1.54, 1.807) is 11.9 Å². The van der Waals surface area contributed by atoms with E-state index in [2.05, 4.69) is 10.3 Å². The standard InChI is InChI=1S/C10H18N4OS/c1-5-14(4)9(15)7-8(11)13-10(16-7)12-6(2)3/h6H,5,11H2,1-4H3,(H,12,13). The lowest BCUT2D eigenvalue weighted by molar-refractivity contribution is 0.0808. The van der Waals surface area contributed by atoms with Crippen molar-refractivity contribution >= 4 is 28.2 Å². The van der Waals surface area contributed by atoms with Crippen molar-refractivity contribution in [2.24, 2.45) is 0 Å². The molecule has 90 valence electrons. The molecular weight excluding hydrogens is 224 g/mol. The summed E-state index contributed by atoms with van der Waals surface area (Å²) in [4.78, 5) is 18.1. The number of amides is 1. The Balaban J connectivity index is 2.89. The predicted octanol–water partition coefficient (Wildman–Crippen LogP) is 1.64. The molecule has 0 radical (unpaired) electrons. The molecule has 0 unspecified atom stereocenters. The van der Waals surface area contributed by atoms with E-state index in [0.717, 1.165) is 0 Å². The molecule has 1 heterocycles. The number of nitrogen functional groups attached to an aromatic ring is 1. The normalized spacial score (nSPS) is 10.6. The molecule has 0 saturated carbocycles. The van der Waals surface area contributed by atoms with Gasteiger partial charge in [0.2, 0.25) is 0 Å². The van der Waals surface area contributed by atoms with Crippen molar-refractivity contribution in [1.82, 2.24) is 9.88 Å². The van der Waals surface area contributed by atoms with Crippen LogP contribution in [0, 0.1) is 0 Å². The highest BCUT2D eigenvalue weighted by Gasteiger charge is 2.18. The molecule has 1 aromatic rings. The Morgan fingerprint density at radius 2 is 2.25 bits per heavy atom. The second kappa shape index (κ2) is 5.16. The fourth-order valence-corrected chi connectivity index (χ4v) is 2.14. The first-order chi connectivity index (χ1) is 7.45. The third-order valence-electron chi connectivity index (χ3n) is 2.08. The van der Waals surface area contributed by atoms with Gasteiger partial charge in [-0.1, -0.05) is 11.3 Å². The smallest absolute Gasteiger partial charge is 0.267 e. The van der Waals surface area contributed by atoms with Gasteiger partial charge >= 0.3 is 0 Å². The summed E-state index contributed by atoms with van der Waals surface area (Å²) in [7, 11) is 1.75. The molecule has 0 bridgehead atoms. The first-order valence-electron chi connectivity index (χ1n) is 5.24. The molecule has 0 atom stereocenters. The first kappa shape index (κ1) is 12.8. The summed E-state index contributed by atoms with van der Waals surface area (Å²) in [6, 6.07) is 0.275. The number of thiazole rings is 1. The van der Waals surface area contributed by atoms with E-state index in [9.17, 15) is 4.79 Å². The molecule has 6 heteroatoms. The van der Waals surface area contributed by atoms with E-state index in [1.165, 1.54) is 11.3 Å². The lowest BCUT2D eigenvalue weighted by atomic mass is 10.4. The molecule has 5 nitrogen and oxygen atoms in total. The summed E-state index contributed by atoms with van der Waals surface area (Å²) in [6.45, 7) is 6.60. The van der Waals surface area contributed by atoms with Crippen LogP contribution < -0.4 is 11.1 Å². The zero-order valence-corrected chi connectivity index (χ0v) is 10.9. The van der Waals surface area contributed by atoms with E-state index in [-0.39, 0.29) is 11.9 Å². The Labute approximate surface area is 99.7 Å². The van der Waals surface area contributed by atoms with Crippen LogP contribution in [0.25, 0.3) is 0 Å². The van der Waals surface area contributed by atoms with E-state index in [0.29, 0.717) is 22.4 Å². The zero-order valence-electron chi connectivity index (χ0n) is 10.1. The van der Waals surface area contributed by atoms with Crippen LogP contribution >= 0.6 is 11.3 Å². The number of nitrogens with one attached hydrogen (secondary N) is 1. The van der Waals surface area contributed by atoms with Crippen molar-refractivity contribution in [2.45, 2.75) is 26.8 Å². The van der Waals surface area contributed by atoms with Crippen LogP contribution in [-0.4, -0.2) is 35.4 Å². The van der Waals surface area contributed by atoms with Crippen LogP contribution in [0.5, 0.6) is 0 Å². The Hall–Kier alpha value is -1.30. The van der Waals surface area contributed by atoms with Crippen molar-refractivity contribution in [2.75, 3.05) is 24.6 Å². The van der Waals surface area contributed by atoms with Crippen LogP contribution in [0.1, 0.15) is 30.4 Å². The quantitative estimate of drug-likeness (QED) is 0.842. The van der Waals surface area contributed by atoms with Crippen LogP contribution in [0.2, 0.25) is 0 Å². The molecule has 16 heavy (non-hydrogen) atoms. The number of hydrogen-bond acceptors (Lipinski definition) is 5. The average Bonchev–Trinajstić information content (AvgIpc) is 2.56. The number of anilines is 2. The van der Waals surface area contributed by atoms with Crippen LogP contribution in [0.4, 0.5) is 10.9 Å². The van der Waals surface area contributed by atoms with E-state index >= 15 is 0 Å². The monoisotopic (exact) mass is 242 g/mol. The molecule has 0 fully saturated rings. The first-order valence-corrected chi connectivity index (χ1v) is 6.05. The van der Waals surface area contributed by atoms with Gasteiger partial charge < -0.3 is 16.0 Å². The predicted molar refractivity (Wildman–Crippen MR) is 67.9 cm³/mol. The highest BCUT2D eigenvalue weighted by atomic mass is 32.1. The third-order valence-corrected chi connectivity index (χ3v) is 3.07. The van der Waals surface area contributed by atoms with Crippen molar-refractivity contribution in [1.29, 1.82) is 0 Å². The number of hydrogen-bond donors (Lipinski definition) is 2. The molecule has 0 spiro atoms. The van der Waals surface area contributed by atoms with Crippen LogP contribution in [-0.2, 0) is 0 Å². The van der Waals surface area contributed by atoms with Crippen molar-refractivity contribution in [3.63, 3.8) is 0 Å². The summed E-state index contributed by atoms with van der Waals surface area (Å²) in [5, 5.41) is 3.83. The van der Waals surface area contributed by atoms with Gasteiger partial charge in [-0.3, -0.25) is 4.79 Å². The highest BCUT2D eigenvalue weighted by molar-refractivity contribution is 7.18. The second-order valence-corrected chi connectivity index (χ2v) is 4.85. The topological polar surface area (TPSA) is 71.2 Å². The van der Waals surface area contributed by atoms with Crippen LogP contribution in [0.3, 0.4) is 0 Å². The summed E-state index contributed by atoms with van der Waals surface area (Å²) >= 11 is 1.30. The maximum absolute atomic E-state index is 11.9. The third kappa shape index (κ3) is 2.85. The summed E-state index contributed by atoms with van der Waals surface area (Å²) in [6.07, 6.45) is 0. The number of nitrogens with two attached hydrogens (primary N) is 1. The Kier molecular flexibility index (Phi) is 4.12. The minimum Gasteiger partial charge on any atom is -0.382 e. The van der Waals surface area contributed by atoms with Gasteiger partial charge in [-0.2, -0.15) is 0 Å². The maximum atomic E-state index is 11.9. The minimum absolute atomic E-state index is 0.0747. The minimum atomic E-state index is -0.0747. The average molecular weight is 242 g/mol. The van der Waals surface area contributed by atoms with Gasteiger partial charge in [0.15, 0.2) is 5.13 Å². The highest BCUT2D eigenvalue weighted by Crippen LogP contribution is 2.26. The maximum Gasteiger partial charge on any atom is 0.267 e. The lowest BCUT2D eigenvalue weighted by Crippen LogP contribution is -2.26. The number of aromatic nitrogens is 1. The summed E-state index contributed by atoms with van der Waals surface area (Å²) < 4.78 is 0. The number of carbonyl (C=O) groups is 1. The number of nitrogens with zero attached hydrogens (tertiary/aromatic N) is 2. The van der Waals surface area contributed by atoms with Gasteiger partial charge in [-0.05, 0) is 20.8 Å². The van der Waals surface area contributed by atoms with E-state index in [1.807, 2.05) is 20.8 Å².